The fourth-order valence-corrected chi connectivity index (χ4v) is 2.80. The Hall–Kier alpha value is -3.21. The third-order valence-corrected chi connectivity index (χ3v) is 4.64. The second-order valence-electron chi connectivity index (χ2n) is 6.89. The molecule has 5 nitrogen and oxygen atoms in total. The highest BCUT2D eigenvalue weighted by Crippen LogP contribution is 2.19. The van der Waals surface area contributed by atoms with Crippen molar-refractivity contribution in [2.24, 2.45) is 0 Å². The Morgan fingerprint density at radius 2 is 1.61 bits per heavy atom. The van der Waals surface area contributed by atoms with Gasteiger partial charge in [-0.15, -0.1) is 0 Å². The number of nitrogens with zero attached hydrogens (tertiary/aromatic N) is 2. The maximum absolute atomic E-state index is 12.9. The minimum atomic E-state index is -0.219. The molecular formula is C23H26N4O. The highest BCUT2D eigenvalue weighted by molar-refractivity contribution is 5.93. The molecule has 2 atom stereocenters. The van der Waals surface area contributed by atoms with Gasteiger partial charge in [-0.3, -0.25) is 4.79 Å². The van der Waals surface area contributed by atoms with Crippen LogP contribution in [0.25, 0.3) is 11.4 Å². The van der Waals surface area contributed by atoms with E-state index in [1.807, 2.05) is 67.6 Å². The van der Waals surface area contributed by atoms with E-state index in [1.165, 1.54) is 0 Å². The molecule has 2 N–H and O–H groups in total. The van der Waals surface area contributed by atoms with Gasteiger partial charge in [0.2, 0.25) is 0 Å². The number of aromatic nitrogens is 2. The summed E-state index contributed by atoms with van der Waals surface area (Å²) in [5.74, 6) is 0.968. The number of carbonyl (C=O) groups is 1. The van der Waals surface area contributed by atoms with E-state index in [-0.39, 0.29) is 18.0 Å². The maximum Gasteiger partial charge on any atom is 0.270 e. The van der Waals surface area contributed by atoms with Crippen molar-refractivity contribution in [1.29, 1.82) is 0 Å². The molecule has 144 valence electrons. The first-order chi connectivity index (χ1) is 13.6. The molecule has 0 aliphatic rings. The molecule has 0 fully saturated rings. The van der Waals surface area contributed by atoms with Crippen molar-refractivity contribution < 1.29 is 4.79 Å². The summed E-state index contributed by atoms with van der Waals surface area (Å²) in [6, 6.07) is 21.4. The first-order valence-electron chi connectivity index (χ1n) is 9.63. The average Bonchev–Trinajstić information content (AvgIpc) is 2.74. The van der Waals surface area contributed by atoms with Crippen molar-refractivity contribution >= 4 is 11.7 Å². The molecule has 1 aromatic heterocycles. The zero-order chi connectivity index (χ0) is 19.9. The standard InChI is InChI=1S/C23H26N4O/c1-4-16(2)24-21-15-20(26-22(27-21)19-13-9-6-10-14-19)23(28)25-17(3)18-11-7-5-8-12-18/h5-17H,4H2,1-3H3,(H,25,28)(H,24,26,27). The van der Waals surface area contributed by atoms with E-state index < -0.39 is 0 Å². The van der Waals surface area contributed by atoms with Crippen LogP contribution < -0.4 is 10.6 Å². The molecule has 2 aromatic carbocycles. The summed E-state index contributed by atoms with van der Waals surface area (Å²) in [5.41, 5.74) is 2.27. The van der Waals surface area contributed by atoms with Crippen molar-refractivity contribution in [3.8, 4) is 11.4 Å². The Morgan fingerprint density at radius 3 is 2.25 bits per heavy atom. The van der Waals surface area contributed by atoms with Crippen LogP contribution in [0, 0.1) is 0 Å². The summed E-state index contributed by atoms with van der Waals surface area (Å²) in [6.45, 7) is 6.15. The molecule has 0 aliphatic carbocycles. The van der Waals surface area contributed by atoms with E-state index in [4.69, 9.17) is 0 Å². The number of hydrogen-bond acceptors (Lipinski definition) is 4. The Morgan fingerprint density at radius 1 is 0.964 bits per heavy atom. The molecule has 0 aliphatic heterocycles. The van der Waals surface area contributed by atoms with Crippen LogP contribution in [-0.2, 0) is 0 Å². The molecule has 2 unspecified atom stereocenters. The monoisotopic (exact) mass is 374 g/mol. The van der Waals surface area contributed by atoms with Gasteiger partial charge in [0.05, 0.1) is 6.04 Å². The number of hydrogen-bond donors (Lipinski definition) is 2. The Balaban J connectivity index is 1.90. The van der Waals surface area contributed by atoms with Gasteiger partial charge in [-0.05, 0) is 25.8 Å². The first-order valence-corrected chi connectivity index (χ1v) is 9.63. The van der Waals surface area contributed by atoms with E-state index in [0.29, 0.717) is 17.3 Å². The predicted octanol–water partition coefficient (Wildman–Crippen LogP) is 4.85. The van der Waals surface area contributed by atoms with Gasteiger partial charge in [0, 0.05) is 17.7 Å². The molecule has 5 heteroatoms. The van der Waals surface area contributed by atoms with Crippen molar-refractivity contribution in [1.82, 2.24) is 15.3 Å². The van der Waals surface area contributed by atoms with Gasteiger partial charge in [-0.2, -0.15) is 0 Å². The van der Waals surface area contributed by atoms with Crippen LogP contribution in [0.2, 0.25) is 0 Å². The number of anilines is 1. The second-order valence-corrected chi connectivity index (χ2v) is 6.89. The quantitative estimate of drug-likeness (QED) is 0.621. The minimum Gasteiger partial charge on any atom is -0.367 e. The Kier molecular flexibility index (Phi) is 6.37. The van der Waals surface area contributed by atoms with Crippen LogP contribution in [0.1, 0.15) is 49.3 Å². The van der Waals surface area contributed by atoms with E-state index in [9.17, 15) is 4.79 Å². The number of carbonyl (C=O) groups excluding carboxylic acids is 1. The van der Waals surface area contributed by atoms with Crippen LogP contribution in [0.3, 0.4) is 0 Å². The third kappa shape index (κ3) is 4.94. The first kappa shape index (κ1) is 19.5. The van der Waals surface area contributed by atoms with Crippen molar-refractivity contribution in [2.75, 3.05) is 5.32 Å². The Labute approximate surface area is 166 Å². The minimum absolute atomic E-state index is 0.116. The van der Waals surface area contributed by atoms with Crippen LogP contribution in [-0.4, -0.2) is 21.9 Å². The predicted molar refractivity (Wildman–Crippen MR) is 113 cm³/mol. The van der Waals surface area contributed by atoms with Crippen molar-refractivity contribution in [3.05, 3.63) is 78.0 Å². The molecule has 0 bridgehead atoms. The fourth-order valence-electron chi connectivity index (χ4n) is 2.80. The van der Waals surface area contributed by atoms with Gasteiger partial charge in [-0.25, -0.2) is 9.97 Å². The van der Waals surface area contributed by atoms with Crippen LogP contribution in [0.15, 0.2) is 66.7 Å². The second kappa shape index (κ2) is 9.13. The molecule has 0 saturated carbocycles. The topological polar surface area (TPSA) is 66.9 Å². The van der Waals surface area contributed by atoms with Crippen LogP contribution in [0.4, 0.5) is 5.82 Å². The van der Waals surface area contributed by atoms with Gasteiger partial charge in [0.1, 0.15) is 11.5 Å². The van der Waals surface area contributed by atoms with E-state index in [1.54, 1.807) is 6.07 Å². The van der Waals surface area contributed by atoms with Gasteiger partial charge < -0.3 is 10.6 Å². The highest BCUT2D eigenvalue weighted by Gasteiger charge is 2.16. The molecule has 0 radical (unpaired) electrons. The summed E-state index contributed by atoms with van der Waals surface area (Å²) in [7, 11) is 0. The van der Waals surface area contributed by atoms with Crippen LogP contribution >= 0.6 is 0 Å². The molecule has 1 heterocycles. The summed E-state index contributed by atoms with van der Waals surface area (Å²) >= 11 is 0. The highest BCUT2D eigenvalue weighted by atomic mass is 16.1. The summed E-state index contributed by atoms with van der Waals surface area (Å²) in [4.78, 5) is 22.0. The zero-order valence-electron chi connectivity index (χ0n) is 16.5. The van der Waals surface area contributed by atoms with E-state index in [0.717, 1.165) is 17.5 Å². The Bertz CT molecular complexity index is 912. The molecule has 0 saturated heterocycles. The summed E-state index contributed by atoms with van der Waals surface area (Å²) in [5, 5.41) is 6.38. The largest absolute Gasteiger partial charge is 0.367 e. The van der Waals surface area contributed by atoms with Gasteiger partial charge >= 0.3 is 0 Å². The van der Waals surface area contributed by atoms with Gasteiger partial charge in [-0.1, -0.05) is 67.6 Å². The van der Waals surface area contributed by atoms with E-state index in [2.05, 4.69) is 34.4 Å². The molecular weight excluding hydrogens is 348 g/mol. The maximum atomic E-state index is 12.9. The number of nitrogens with one attached hydrogen (secondary N) is 2. The van der Waals surface area contributed by atoms with Crippen LogP contribution in [0.5, 0.6) is 0 Å². The lowest BCUT2D eigenvalue weighted by Gasteiger charge is -2.16. The van der Waals surface area contributed by atoms with Gasteiger partial charge in [0.15, 0.2) is 5.82 Å². The fraction of sp³-hybridized carbons (Fsp3) is 0.261. The number of benzene rings is 2. The lowest BCUT2D eigenvalue weighted by atomic mass is 10.1. The normalized spacial score (nSPS) is 12.8. The summed E-state index contributed by atoms with van der Waals surface area (Å²) < 4.78 is 0. The van der Waals surface area contributed by atoms with Crippen molar-refractivity contribution in [2.45, 2.75) is 39.3 Å². The zero-order valence-corrected chi connectivity index (χ0v) is 16.5. The third-order valence-electron chi connectivity index (χ3n) is 4.64. The number of amides is 1. The SMILES string of the molecule is CCC(C)Nc1cc(C(=O)NC(C)c2ccccc2)nc(-c2ccccc2)n1. The van der Waals surface area contributed by atoms with Gasteiger partial charge in [0.25, 0.3) is 5.91 Å². The molecule has 28 heavy (non-hydrogen) atoms. The molecule has 3 rings (SSSR count). The smallest absolute Gasteiger partial charge is 0.270 e. The molecule has 1 amide bonds. The van der Waals surface area contributed by atoms with Crippen molar-refractivity contribution in [3.63, 3.8) is 0 Å². The molecule has 0 spiro atoms. The number of rotatable bonds is 7. The summed E-state index contributed by atoms with van der Waals surface area (Å²) in [6.07, 6.45) is 0.956. The van der Waals surface area contributed by atoms with E-state index >= 15 is 0 Å². The lowest BCUT2D eigenvalue weighted by molar-refractivity contribution is 0.0935. The lowest BCUT2D eigenvalue weighted by Crippen LogP contribution is -2.28. The molecule has 3 aromatic rings. The average molecular weight is 374 g/mol.